The molecule has 1 fully saturated rings. The van der Waals surface area contributed by atoms with Crippen LogP contribution in [0.1, 0.15) is 41.2 Å². The van der Waals surface area contributed by atoms with E-state index >= 15 is 0 Å². The monoisotopic (exact) mass is 407 g/mol. The van der Waals surface area contributed by atoms with E-state index in [0.717, 1.165) is 24.7 Å². The largest absolute Gasteiger partial charge is 0.497 e. The second-order valence-electron chi connectivity index (χ2n) is 7.54. The molecule has 1 aliphatic heterocycles. The van der Waals surface area contributed by atoms with E-state index in [1.165, 1.54) is 48.4 Å². The molecule has 0 N–H and O–H groups in total. The van der Waals surface area contributed by atoms with E-state index in [0.29, 0.717) is 0 Å². The Morgan fingerprint density at radius 3 is 2.10 bits per heavy atom. The molecule has 0 radical (unpaired) electrons. The molecule has 152 valence electrons. The zero-order valence-electron chi connectivity index (χ0n) is 17.0. The lowest BCUT2D eigenvalue weighted by Crippen LogP contribution is -2.33. The third-order valence-corrected chi connectivity index (χ3v) is 6.55. The molecule has 2 aromatic carbocycles. The van der Waals surface area contributed by atoms with E-state index in [4.69, 9.17) is 9.47 Å². The minimum absolute atomic E-state index is 0.225. The van der Waals surface area contributed by atoms with Gasteiger partial charge in [0.1, 0.15) is 18.1 Å². The van der Waals surface area contributed by atoms with Gasteiger partial charge in [-0.25, -0.2) is 0 Å². The summed E-state index contributed by atoms with van der Waals surface area (Å²) in [5.74, 6) is 2.06. The van der Waals surface area contributed by atoms with Crippen LogP contribution in [0.15, 0.2) is 66.0 Å². The number of hydrogen-bond donors (Lipinski definition) is 0. The van der Waals surface area contributed by atoms with Crippen molar-refractivity contribution in [3.8, 4) is 11.5 Å². The van der Waals surface area contributed by atoms with Gasteiger partial charge in [0.25, 0.3) is 0 Å². The van der Waals surface area contributed by atoms with Gasteiger partial charge in [0, 0.05) is 17.3 Å². The maximum absolute atomic E-state index is 6.01. The van der Waals surface area contributed by atoms with Gasteiger partial charge in [0.2, 0.25) is 0 Å². The van der Waals surface area contributed by atoms with Gasteiger partial charge in [0.05, 0.1) is 7.11 Å². The smallest absolute Gasteiger partial charge is 0.119 e. The number of ether oxygens (including phenoxy) is 2. The zero-order valence-corrected chi connectivity index (χ0v) is 17.9. The maximum atomic E-state index is 6.01. The fourth-order valence-corrected chi connectivity index (χ4v) is 4.88. The van der Waals surface area contributed by atoms with Crippen LogP contribution >= 0.6 is 11.3 Å². The molecule has 0 amide bonds. The van der Waals surface area contributed by atoms with Gasteiger partial charge in [-0.3, -0.25) is 4.90 Å². The van der Waals surface area contributed by atoms with E-state index in [-0.39, 0.29) is 5.92 Å². The number of nitrogens with zero attached hydrogens (tertiary/aromatic N) is 1. The van der Waals surface area contributed by atoms with Crippen molar-refractivity contribution in [2.75, 3.05) is 33.4 Å². The first-order chi connectivity index (χ1) is 14.3. The van der Waals surface area contributed by atoms with Gasteiger partial charge < -0.3 is 9.47 Å². The summed E-state index contributed by atoms with van der Waals surface area (Å²) in [6.45, 7) is 4.21. The van der Waals surface area contributed by atoms with Crippen molar-refractivity contribution >= 4 is 11.3 Å². The normalized spacial score (nSPS) is 15.8. The number of likely N-dealkylation sites (tertiary alicyclic amines) is 1. The van der Waals surface area contributed by atoms with Crippen LogP contribution in [-0.4, -0.2) is 38.3 Å². The first kappa shape index (κ1) is 20.0. The molecular weight excluding hydrogens is 378 g/mol. The third-order valence-electron chi connectivity index (χ3n) is 5.62. The Kier molecular flexibility index (Phi) is 6.86. The maximum Gasteiger partial charge on any atom is 0.119 e. The number of rotatable bonds is 8. The number of piperidine rings is 1. The van der Waals surface area contributed by atoms with Crippen molar-refractivity contribution in [1.29, 1.82) is 0 Å². The number of methoxy groups -OCH3 is 1. The summed E-state index contributed by atoms with van der Waals surface area (Å²) < 4.78 is 11.3. The van der Waals surface area contributed by atoms with Crippen LogP contribution in [0, 0.1) is 0 Å². The highest BCUT2D eigenvalue weighted by atomic mass is 32.1. The van der Waals surface area contributed by atoms with Crippen LogP contribution in [0.4, 0.5) is 0 Å². The van der Waals surface area contributed by atoms with Gasteiger partial charge in [-0.1, -0.05) is 36.8 Å². The third kappa shape index (κ3) is 5.20. The van der Waals surface area contributed by atoms with Gasteiger partial charge in [-0.05, 0) is 72.8 Å². The summed E-state index contributed by atoms with van der Waals surface area (Å²) in [4.78, 5) is 3.85. The molecule has 1 aliphatic rings. The van der Waals surface area contributed by atoms with E-state index in [1.54, 1.807) is 18.4 Å². The summed E-state index contributed by atoms with van der Waals surface area (Å²) in [6.07, 6.45) is 4.02. The average Bonchev–Trinajstić information content (AvgIpc) is 3.31. The molecule has 4 heteroatoms. The highest BCUT2D eigenvalue weighted by molar-refractivity contribution is 7.10. The number of thiophene rings is 1. The number of hydrogen-bond acceptors (Lipinski definition) is 4. The molecule has 0 spiro atoms. The molecule has 2 heterocycles. The van der Waals surface area contributed by atoms with Crippen molar-refractivity contribution in [2.24, 2.45) is 0 Å². The number of benzene rings is 2. The molecule has 0 aliphatic carbocycles. The molecule has 0 saturated carbocycles. The minimum Gasteiger partial charge on any atom is -0.497 e. The SMILES string of the molecule is COc1ccc(C(c2ccc(OCCN3CCCCC3)cc2)c2cccs2)cc1. The summed E-state index contributed by atoms with van der Waals surface area (Å²) >= 11 is 1.80. The second-order valence-corrected chi connectivity index (χ2v) is 8.52. The first-order valence-corrected chi connectivity index (χ1v) is 11.3. The Morgan fingerprint density at radius 2 is 1.52 bits per heavy atom. The van der Waals surface area contributed by atoms with Crippen molar-refractivity contribution < 1.29 is 9.47 Å². The topological polar surface area (TPSA) is 21.7 Å². The quantitative estimate of drug-likeness (QED) is 0.471. The molecule has 3 nitrogen and oxygen atoms in total. The van der Waals surface area contributed by atoms with Crippen LogP contribution in [0.5, 0.6) is 11.5 Å². The van der Waals surface area contributed by atoms with Crippen LogP contribution in [0.2, 0.25) is 0 Å². The molecule has 1 saturated heterocycles. The van der Waals surface area contributed by atoms with Gasteiger partial charge >= 0.3 is 0 Å². The molecular formula is C25H29NO2S. The lowest BCUT2D eigenvalue weighted by molar-refractivity contribution is 0.183. The fourth-order valence-electron chi connectivity index (χ4n) is 4.00. The van der Waals surface area contributed by atoms with Crippen LogP contribution in [-0.2, 0) is 0 Å². The van der Waals surface area contributed by atoms with Crippen molar-refractivity contribution in [3.05, 3.63) is 82.0 Å². The lowest BCUT2D eigenvalue weighted by atomic mass is 9.90. The van der Waals surface area contributed by atoms with E-state index in [9.17, 15) is 0 Å². The highest BCUT2D eigenvalue weighted by Gasteiger charge is 2.18. The predicted molar refractivity (Wildman–Crippen MR) is 120 cm³/mol. The highest BCUT2D eigenvalue weighted by Crippen LogP contribution is 2.36. The Labute approximate surface area is 177 Å². The molecule has 0 bridgehead atoms. The molecule has 29 heavy (non-hydrogen) atoms. The van der Waals surface area contributed by atoms with Crippen LogP contribution in [0.3, 0.4) is 0 Å². The zero-order chi connectivity index (χ0) is 19.9. The summed E-state index contributed by atoms with van der Waals surface area (Å²) in [5, 5.41) is 2.14. The van der Waals surface area contributed by atoms with E-state index in [2.05, 4.69) is 58.8 Å². The summed E-state index contributed by atoms with van der Waals surface area (Å²) in [6, 6.07) is 21.3. The van der Waals surface area contributed by atoms with E-state index < -0.39 is 0 Å². The van der Waals surface area contributed by atoms with Gasteiger partial charge in [-0.15, -0.1) is 11.3 Å². The van der Waals surface area contributed by atoms with Gasteiger partial charge in [-0.2, -0.15) is 0 Å². The fraction of sp³-hybridized carbons (Fsp3) is 0.360. The van der Waals surface area contributed by atoms with Crippen molar-refractivity contribution in [2.45, 2.75) is 25.2 Å². The van der Waals surface area contributed by atoms with Crippen LogP contribution < -0.4 is 9.47 Å². The van der Waals surface area contributed by atoms with Crippen LogP contribution in [0.25, 0.3) is 0 Å². The molecule has 3 aromatic rings. The molecule has 1 unspecified atom stereocenters. The Morgan fingerprint density at radius 1 is 0.862 bits per heavy atom. The Bertz CT molecular complexity index is 853. The van der Waals surface area contributed by atoms with Crippen molar-refractivity contribution in [1.82, 2.24) is 4.90 Å². The first-order valence-electron chi connectivity index (χ1n) is 10.5. The Hall–Kier alpha value is -2.30. The lowest BCUT2D eigenvalue weighted by Gasteiger charge is -2.26. The second kappa shape index (κ2) is 9.95. The molecule has 4 rings (SSSR count). The molecule has 1 atom stereocenters. The van der Waals surface area contributed by atoms with Gasteiger partial charge in [0.15, 0.2) is 0 Å². The summed E-state index contributed by atoms with van der Waals surface area (Å²) in [7, 11) is 1.70. The van der Waals surface area contributed by atoms with Crippen molar-refractivity contribution in [3.63, 3.8) is 0 Å². The predicted octanol–water partition coefficient (Wildman–Crippen LogP) is 5.80. The summed E-state index contributed by atoms with van der Waals surface area (Å²) in [5.41, 5.74) is 2.55. The minimum atomic E-state index is 0.225. The average molecular weight is 408 g/mol. The van der Waals surface area contributed by atoms with E-state index in [1.807, 2.05) is 12.1 Å². The Balaban J connectivity index is 1.45. The standard InChI is InChI=1S/C25H29NO2S/c1-27-22-11-7-20(8-12-22)25(24-6-5-19-29-24)21-9-13-23(14-10-21)28-18-17-26-15-3-2-4-16-26/h5-14,19,25H,2-4,15-18H2,1H3. The molecule has 1 aromatic heterocycles.